The van der Waals surface area contributed by atoms with Crippen molar-refractivity contribution in [1.29, 1.82) is 0 Å². The molecule has 10 heteroatoms. The second-order valence-corrected chi connectivity index (χ2v) is 8.69. The number of ether oxygens (including phenoxy) is 6. The van der Waals surface area contributed by atoms with E-state index >= 15 is 0 Å². The molecule has 0 saturated carbocycles. The summed E-state index contributed by atoms with van der Waals surface area (Å²) in [5.74, 6) is -1.84. The summed E-state index contributed by atoms with van der Waals surface area (Å²) >= 11 is 0. The number of hydrogen-bond acceptors (Lipinski definition) is 10. The van der Waals surface area contributed by atoms with Gasteiger partial charge >= 0.3 is 23.9 Å². The van der Waals surface area contributed by atoms with E-state index in [9.17, 15) is 19.2 Å². The molecule has 2 fully saturated rings. The molecule has 0 N–H and O–H groups in total. The van der Waals surface area contributed by atoms with Crippen LogP contribution in [0.15, 0.2) is 61.7 Å². The summed E-state index contributed by atoms with van der Waals surface area (Å²) in [6, 6.07) is 9.07. The van der Waals surface area contributed by atoms with Crippen LogP contribution in [0.5, 0.6) is 11.5 Å². The Hall–Kier alpha value is -4.28. The molecule has 10 nitrogen and oxygen atoms in total. The molecule has 0 bridgehead atoms. The van der Waals surface area contributed by atoms with Crippen LogP contribution in [0.1, 0.15) is 31.8 Å². The molecule has 2 heterocycles. The third-order valence-electron chi connectivity index (χ3n) is 6.09. The van der Waals surface area contributed by atoms with Gasteiger partial charge in [-0.25, -0.2) is 19.2 Å². The summed E-state index contributed by atoms with van der Waals surface area (Å²) in [5, 5.41) is 0. The first-order valence-corrected chi connectivity index (χ1v) is 11.7. The molecule has 2 aromatic rings. The number of fused-ring (bicyclic) bond motifs is 1. The molecule has 0 aromatic heterocycles. The lowest BCUT2D eigenvalue weighted by Gasteiger charge is -2.18. The smallest absolute Gasteiger partial charge is 0.338 e. The number of aryl methyl sites for hydroxylation is 2. The van der Waals surface area contributed by atoms with Crippen LogP contribution in [0.3, 0.4) is 0 Å². The first-order valence-electron chi connectivity index (χ1n) is 11.7. The molecule has 2 saturated heterocycles. The molecular formula is C28H26O10. The van der Waals surface area contributed by atoms with Crippen LogP contribution in [0, 0.1) is 13.8 Å². The monoisotopic (exact) mass is 522 g/mol. The van der Waals surface area contributed by atoms with Crippen LogP contribution in [0.2, 0.25) is 0 Å². The molecule has 0 aliphatic carbocycles. The topological polar surface area (TPSA) is 124 Å². The van der Waals surface area contributed by atoms with E-state index in [4.69, 9.17) is 28.4 Å². The summed E-state index contributed by atoms with van der Waals surface area (Å²) in [7, 11) is 0. The second-order valence-electron chi connectivity index (χ2n) is 8.69. The van der Waals surface area contributed by atoms with Crippen molar-refractivity contribution in [3.05, 3.63) is 84.0 Å². The van der Waals surface area contributed by atoms with E-state index in [0.717, 1.165) is 12.2 Å². The van der Waals surface area contributed by atoms with E-state index in [1.165, 1.54) is 24.3 Å². The quantitative estimate of drug-likeness (QED) is 0.290. The Labute approximate surface area is 218 Å². The van der Waals surface area contributed by atoms with Gasteiger partial charge in [-0.1, -0.05) is 13.2 Å². The van der Waals surface area contributed by atoms with Gasteiger partial charge in [0.2, 0.25) is 0 Å². The molecule has 0 radical (unpaired) electrons. The van der Waals surface area contributed by atoms with Gasteiger partial charge in [-0.05, 0) is 61.4 Å². The minimum absolute atomic E-state index is 0.0750. The predicted octanol–water partition coefficient (Wildman–Crippen LogP) is 3.03. The maximum Gasteiger partial charge on any atom is 0.338 e. The van der Waals surface area contributed by atoms with Crippen molar-refractivity contribution in [3.63, 3.8) is 0 Å². The maximum atomic E-state index is 12.8. The fourth-order valence-corrected chi connectivity index (χ4v) is 4.21. The van der Waals surface area contributed by atoms with Gasteiger partial charge in [0, 0.05) is 12.2 Å². The Morgan fingerprint density at radius 1 is 0.737 bits per heavy atom. The van der Waals surface area contributed by atoms with Crippen molar-refractivity contribution in [2.45, 2.75) is 38.3 Å². The standard InChI is InChI=1S/C28H26O10/c1-5-23(29)35-17-7-9-19(15(3)11-17)27(31)37-21-13-33-26-22(14-34-25(21)26)38-28(32)20-10-8-18(12-16(20)4)36-24(30)6-2/h5-12,21-22,25-26H,1-2,13-14H2,3-4H3/t21-,22-,25-,26-/m1/s1. The van der Waals surface area contributed by atoms with Crippen LogP contribution in [-0.2, 0) is 28.5 Å². The Balaban J connectivity index is 1.35. The average Bonchev–Trinajstić information content (AvgIpc) is 3.47. The number of benzene rings is 2. The highest BCUT2D eigenvalue weighted by Crippen LogP contribution is 2.32. The lowest BCUT2D eigenvalue weighted by Crippen LogP contribution is -2.36. The Bertz CT molecular complexity index is 1200. The van der Waals surface area contributed by atoms with Gasteiger partial charge < -0.3 is 28.4 Å². The van der Waals surface area contributed by atoms with E-state index in [1.54, 1.807) is 26.0 Å². The molecule has 4 atom stereocenters. The highest BCUT2D eigenvalue weighted by Gasteiger charge is 2.51. The highest BCUT2D eigenvalue weighted by atomic mass is 16.7. The van der Waals surface area contributed by atoms with Crippen LogP contribution in [0.4, 0.5) is 0 Å². The van der Waals surface area contributed by atoms with Crippen LogP contribution in [-0.4, -0.2) is 61.5 Å². The minimum Gasteiger partial charge on any atom is -0.453 e. The molecule has 2 aliphatic rings. The molecule has 198 valence electrons. The van der Waals surface area contributed by atoms with Gasteiger partial charge in [-0.3, -0.25) is 0 Å². The lowest BCUT2D eigenvalue weighted by atomic mass is 10.1. The van der Waals surface area contributed by atoms with E-state index in [0.29, 0.717) is 22.3 Å². The molecule has 4 rings (SSSR count). The van der Waals surface area contributed by atoms with Crippen LogP contribution >= 0.6 is 0 Å². The van der Waals surface area contributed by atoms with Crippen LogP contribution < -0.4 is 9.47 Å². The SMILES string of the molecule is C=CC(=O)Oc1ccc(C(=O)O[C@@H]2CO[C@H]3[C@@H]2OC[C@H]3OC(=O)c2ccc(OC(=O)C=C)cc2C)c(C)c1. The predicted molar refractivity (Wildman–Crippen MR) is 132 cm³/mol. The third-order valence-corrected chi connectivity index (χ3v) is 6.09. The number of hydrogen-bond donors (Lipinski definition) is 0. The van der Waals surface area contributed by atoms with Crippen molar-refractivity contribution < 1.29 is 47.6 Å². The van der Waals surface area contributed by atoms with Gasteiger partial charge in [-0.2, -0.15) is 0 Å². The van der Waals surface area contributed by atoms with Crippen molar-refractivity contribution in [2.75, 3.05) is 13.2 Å². The normalized spacial score (nSPS) is 21.6. The first kappa shape index (κ1) is 26.8. The van der Waals surface area contributed by atoms with Crippen molar-refractivity contribution in [3.8, 4) is 11.5 Å². The fraction of sp³-hybridized carbons (Fsp3) is 0.286. The number of esters is 4. The average molecular weight is 523 g/mol. The molecule has 38 heavy (non-hydrogen) atoms. The van der Waals surface area contributed by atoms with Gasteiger partial charge in [0.1, 0.15) is 23.7 Å². The third kappa shape index (κ3) is 5.82. The lowest BCUT2D eigenvalue weighted by molar-refractivity contribution is -0.129. The van der Waals surface area contributed by atoms with Gasteiger partial charge in [-0.15, -0.1) is 0 Å². The van der Waals surface area contributed by atoms with E-state index in [1.807, 2.05) is 0 Å². The zero-order chi connectivity index (χ0) is 27.4. The zero-order valence-electron chi connectivity index (χ0n) is 20.8. The Kier molecular flexibility index (Phi) is 8.04. The van der Waals surface area contributed by atoms with Gasteiger partial charge in [0.05, 0.1) is 24.3 Å². The van der Waals surface area contributed by atoms with Crippen molar-refractivity contribution >= 4 is 23.9 Å². The largest absolute Gasteiger partial charge is 0.453 e. The Morgan fingerprint density at radius 2 is 1.13 bits per heavy atom. The maximum absolute atomic E-state index is 12.8. The molecule has 0 spiro atoms. The van der Waals surface area contributed by atoms with E-state index in [2.05, 4.69) is 13.2 Å². The van der Waals surface area contributed by atoms with Crippen LogP contribution in [0.25, 0.3) is 0 Å². The molecule has 2 aliphatic heterocycles. The summed E-state index contributed by atoms with van der Waals surface area (Å²) in [6.45, 7) is 10.2. The minimum atomic E-state index is -0.700. The Morgan fingerprint density at radius 3 is 1.47 bits per heavy atom. The number of carbonyl (C=O) groups is 4. The fourth-order valence-electron chi connectivity index (χ4n) is 4.21. The molecular weight excluding hydrogens is 496 g/mol. The summed E-state index contributed by atoms with van der Waals surface area (Å²) in [5.41, 5.74) is 1.70. The molecule has 0 amide bonds. The molecule has 2 aromatic carbocycles. The summed E-state index contributed by atoms with van der Waals surface area (Å²) in [4.78, 5) is 48.4. The zero-order valence-corrected chi connectivity index (χ0v) is 20.8. The summed E-state index contributed by atoms with van der Waals surface area (Å²) < 4.78 is 33.0. The highest BCUT2D eigenvalue weighted by molar-refractivity contribution is 5.92. The second kappa shape index (κ2) is 11.4. The molecule has 0 unspecified atom stereocenters. The van der Waals surface area contributed by atoms with Crippen molar-refractivity contribution in [1.82, 2.24) is 0 Å². The van der Waals surface area contributed by atoms with E-state index in [-0.39, 0.29) is 24.7 Å². The number of carbonyl (C=O) groups excluding carboxylic acids is 4. The van der Waals surface area contributed by atoms with Gasteiger partial charge in [0.25, 0.3) is 0 Å². The van der Waals surface area contributed by atoms with Crippen molar-refractivity contribution in [2.24, 2.45) is 0 Å². The number of rotatable bonds is 8. The van der Waals surface area contributed by atoms with E-state index < -0.39 is 48.3 Å². The first-order chi connectivity index (χ1) is 18.2. The summed E-state index contributed by atoms with van der Waals surface area (Å²) in [6.07, 6.45) is -0.524. The van der Waals surface area contributed by atoms with Gasteiger partial charge in [0.15, 0.2) is 12.2 Å².